The number of rotatable bonds is 8. The van der Waals surface area contributed by atoms with E-state index in [1.165, 1.54) is 0 Å². The first kappa shape index (κ1) is 21.7. The van der Waals surface area contributed by atoms with Crippen molar-refractivity contribution in [2.45, 2.75) is 19.3 Å². The summed E-state index contributed by atoms with van der Waals surface area (Å²) in [5, 5.41) is 9.91. The summed E-state index contributed by atoms with van der Waals surface area (Å²) < 4.78 is 1.07. The number of ketones is 1. The van der Waals surface area contributed by atoms with Gasteiger partial charge in [-0.25, -0.2) is 9.78 Å². The molecule has 1 N–H and O–H groups in total. The van der Waals surface area contributed by atoms with Gasteiger partial charge in [0.1, 0.15) is 10.8 Å². The monoisotopic (exact) mass is 444 g/mol. The average Bonchev–Trinajstić information content (AvgIpc) is 3.19. The third kappa shape index (κ3) is 5.03. The molecule has 0 spiro atoms. The van der Waals surface area contributed by atoms with Gasteiger partial charge in [-0.05, 0) is 59.5 Å². The fraction of sp³-hybridized carbons (Fsp3) is 0.192. The van der Waals surface area contributed by atoms with Gasteiger partial charge in [-0.15, -0.1) is 11.3 Å². The Labute approximate surface area is 191 Å². The minimum absolute atomic E-state index is 0.101. The van der Waals surface area contributed by atoms with E-state index in [-0.39, 0.29) is 11.3 Å². The fourth-order valence-corrected chi connectivity index (χ4v) is 4.62. The fourth-order valence-electron chi connectivity index (χ4n) is 3.58. The van der Waals surface area contributed by atoms with E-state index < -0.39 is 5.97 Å². The maximum atomic E-state index is 12.5. The molecule has 0 aliphatic carbocycles. The second kappa shape index (κ2) is 9.32. The highest BCUT2D eigenvalue weighted by Gasteiger charge is 2.11. The molecule has 0 aliphatic heterocycles. The van der Waals surface area contributed by atoms with Gasteiger partial charge in [-0.2, -0.15) is 0 Å². The lowest BCUT2D eigenvalue weighted by atomic mass is 10.0. The lowest BCUT2D eigenvalue weighted by molar-refractivity contribution is -0.118. The zero-order valence-corrected chi connectivity index (χ0v) is 18.9. The highest BCUT2D eigenvalue weighted by molar-refractivity contribution is 7.18. The van der Waals surface area contributed by atoms with Crippen molar-refractivity contribution < 1.29 is 14.7 Å². The lowest BCUT2D eigenvalue weighted by Gasteiger charge is -2.12. The number of carbonyl (C=O) groups excluding carboxylic acids is 1. The Morgan fingerprint density at radius 2 is 1.72 bits per heavy atom. The molecule has 6 heteroatoms. The van der Waals surface area contributed by atoms with Gasteiger partial charge in [0.25, 0.3) is 0 Å². The van der Waals surface area contributed by atoms with Crippen LogP contribution >= 0.6 is 11.3 Å². The number of hydrogen-bond acceptors (Lipinski definition) is 5. The normalized spacial score (nSPS) is 10.9. The Bertz CT molecular complexity index is 1280. The van der Waals surface area contributed by atoms with Gasteiger partial charge in [0, 0.05) is 26.2 Å². The molecule has 0 atom stereocenters. The van der Waals surface area contributed by atoms with Crippen molar-refractivity contribution in [1.82, 2.24) is 4.98 Å². The van der Waals surface area contributed by atoms with Crippen LogP contribution in [0.5, 0.6) is 0 Å². The third-order valence-corrected chi connectivity index (χ3v) is 6.38. The van der Waals surface area contributed by atoms with Crippen LogP contribution < -0.4 is 4.90 Å². The van der Waals surface area contributed by atoms with Gasteiger partial charge in [-0.3, -0.25) is 4.79 Å². The number of thiazole rings is 1. The van der Waals surface area contributed by atoms with Crippen LogP contribution in [-0.2, 0) is 17.6 Å². The first-order chi connectivity index (χ1) is 15.4. The number of fused-ring (bicyclic) bond motifs is 1. The molecule has 0 fully saturated rings. The highest BCUT2D eigenvalue weighted by atomic mass is 32.1. The molecule has 5 nitrogen and oxygen atoms in total. The van der Waals surface area contributed by atoms with Crippen LogP contribution in [0.25, 0.3) is 21.3 Å². The molecule has 0 unspecified atom stereocenters. The number of carbonyl (C=O) groups is 2. The summed E-state index contributed by atoms with van der Waals surface area (Å²) in [6.45, 7) is 0. The van der Waals surface area contributed by atoms with Crippen molar-refractivity contribution in [3.8, 4) is 11.1 Å². The first-order valence-electron chi connectivity index (χ1n) is 10.4. The smallest absolute Gasteiger partial charge is 0.335 e. The van der Waals surface area contributed by atoms with Crippen LogP contribution in [0.3, 0.4) is 0 Å². The van der Waals surface area contributed by atoms with Crippen molar-refractivity contribution in [3.63, 3.8) is 0 Å². The topological polar surface area (TPSA) is 70.5 Å². The Morgan fingerprint density at radius 3 is 2.44 bits per heavy atom. The largest absolute Gasteiger partial charge is 0.478 e. The molecule has 0 amide bonds. The number of aromatic carboxylic acids is 1. The Kier molecular flexibility index (Phi) is 6.32. The van der Waals surface area contributed by atoms with Crippen LogP contribution in [0, 0.1) is 0 Å². The van der Waals surface area contributed by atoms with E-state index in [2.05, 4.69) is 46.3 Å². The molecule has 1 heterocycles. The van der Waals surface area contributed by atoms with E-state index in [9.17, 15) is 9.59 Å². The maximum Gasteiger partial charge on any atom is 0.335 e. The van der Waals surface area contributed by atoms with E-state index in [1.807, 2.05) is 26.2 Å². The number of benzene rings is 3. The van der Waals surface area contributed by atoms with Crippen LogP contribution in [0.1, 0.15) is 27.3 Å². The van der Waals surface area contributed by atoms with Crippen LogP contribution in [0.4, 0.5) is 5.69 Å². The number of aromatic nitrogens is 1. The number of Topliss-reactive ketones (excluding diaryl/α,β-unsaturated/α-hetero) is 1. The maximum absolute atomic E-state index is 12.5. The predicted molar refractivity (Wildman–Crippen MR) is 130 cm³/mol. The summed E-state index contributed by atoms with van der Waals surface area (Å²) in [6.07, 6.45) is 1.19. The molecule has 0 saturated carbocycles. The van der Waals surface area contributed by atoms with E-state index >= 15 is 0 Å². The number of carboxylic acid groups (broad SMARTS) is 1. The standard InChI is InChI=1S/C26H24N2O3S/c1-28(2)21-10-7-18(8-11-21)19-9-13-23-24(15-19)32-25(27-23)16-22(29)12-6-17-4-3-5-20(14-17)26(30)31/h3-5,7-11,13-15H,6,12,16H2,1-2H3,(H,30,31). The molecule has 0 saturated heterocycles. The number of aryl methyl sites for hydroxylation is 1. The molecule has 162 valence electrons. The molecule has 0 bridgehead atoms. The minimum Gasteiger partial charge on any atom is -0.478 e. The quantitative estimate of drug-likeness (QED) is 0.390. The summed E-state index contributed by atoms with van der Waals surface area (Å²) in [5.74, 6) is -0.857. The zero-order chi connectivity index (χ0) is 22.7. The summed E-state index contributed by atoms with van der Waals surface area (Å²) in [7, 11) is 4.04. The zero-order valence-electron chi connectivity index (χ0n) is 18.0. The second-order valence-electron chi connectivity index (χ2n) is 7.95. The third-order valence-electron chi connectivity index (χ3n) is 5.36. The second-order valence-corrected chi connectivity index (χ2v) is 9.07. The van der Waals surface area contributed by atoms with Crippen molar-refractivity contribution in [2.24, 2.45) is 0 Å². The molecule has 4 rings (SSSR count). The number of hydrogen-bond donors (Lipinski definition) is 1. The van der Waals surface area contributed by atoms with Gasteiger partial charge in [0.05, 0.1) is 22.2 Å². The Hall–Kier alpha value is -3.51. The van der Waals surface area contributed by atoms with Crippen LogP contribution in [0.2, 0.25) is 0 Å². The summed E-state index contributed by atoms with van der Waals surface area (Å²) in [4.78, 5) is 30.3. The van der Waals surface area contributed by atoms with Gasteiger partial charge in [-0.1, -0.05) is 30.3 Å². The minimum atomic E-state index is -0.958. The van der Waals surface area contributed by atoms with Gasteiger partial charge >= 0.3 is 5.97 Å². The Morgan fingerprint density at radius 1 is 0.969 bits per heavy atom. The lowest BCUT2D eigenvalue weighted by Crippen LogP contribution is -2.07. The molecule has 1 aromatic heterocycles. The van der Waals surface area contributed by atoms with E-state index in [1.54, 1.807) is 29.5 Å². The SMILES string of the molecule is CN(C)c1ccc(-c2ccc3nc(CC(=O)CCc4cccc(C(=O)O)c4)sc3c2)cc1. The number of anilines is 1. The number of carboxylic acids is 1. The van der Waals surface area contributed by atoms with Crippen molar-refractivity contribution >= 4 is 39.0 Å². The molecular formula is C26H24N2O3S. The van der Waals surface area contributed by atoms with Gasteiger partial charge in [0.2, 0.25) is 0 Å². The van der Waals surface area contributed by atoms with Crippen molar-refractivity contribution in [2.75, 3.05) is 19.0 Å². The molecule has 0 radical (unpaired) electrons. The summed E-state index contributed by atoms with van der Waals surface area (Å²) >= 11 is 1.55. The molecule has 32 heavy (non-hydrogen) atoms. The van der Waals surface area contributed by atoms with Crippen LogP contribution in [0.15, 0.2) is 66.7 Å². The van der Waals surface area contributed by atoms with Gasteiger partial charge < -0.3 is 10.0 Å². The molecule has 0 aliphatic rings. The first-order valence-corrected chi connectivity index (χ1v) is 11.2. The average molecular weight is 445 g/mol. The molecule has 4 aromatic rings. The summed E-state index contributed by atoms with van der Waals surface area (Å²) in [6, 6.07) is 21.4. The summed E-state index contributed by atoms with van der Waals surface area (Å²) in [5.41, 5.74) is 5.43. The van der Waals surface area contributed by atoms with Crippen molar-refractivity contribution in [3.05, 3.63) is 82.9 Å². The number of nitrogens with zero attached hydrogens (tertiary/aromatic N) is 2. The Balaban J connectivity index is 1.43. The van der Waals surface area contributed by atoms with E-state index in [0.29, 0.717) is 19.3 Å². The van der Waals surface area contributed by atoms with E-state index in [4.69, 9.17) is 5.11 Å². The van der Waals surface area contributed by atoms with Crippen LogP contribution in [-0.4, -0.2) is 35.9 Å². The van der Waals surface area contributed by atoms with Gasteiger partial charge in [0.15, 0.2) is 0 Å². The van der Waals surface area contributed by atoms with E-state index in [0.717, 1.165) is 37.6 Å². The highest BCUT2D eigenvalue weighted by Crippen LogP contribution is 2.29. The predicted octanol–water partition coefficient (Wildman–Crippen LogP) is 5.47. The molecule has 3 aromatic carbocycles. The molecular weight excluding hydrogens is 420 g/mol. The van der Waals surface area contributed by atoms with Crippen molar-refractivity contribution in [1.29, 1.82) is 0 Å².